The molecule has 2 heterocycles. The Morgan fingerprint density at radius 3 is 3.45 bits per heavy atom. The van der Waals surface area contributed by atoms with E-state index in [2.05, 4.69) is 17.0 Å². The molecular weight excluding hydrogens is 138 g/mol. The first-order valence-electron chi connectivity index (χ1n) is 4.19. The van der Waals surface area contributed by atoms with Crippen LogP contribution < -0.4 is 0 Å². The molecule has 0 aliphatic carbocycles. The molecule has 1 saturated heterocycles. The molecule has 1 unspecified atom stereocenters. The summed E-state index contributed by atoms with van der Waals surface area (Å²) >= 11 is 0. The minimum absolute atomic E-state index is 0.776. The van der Waals surface area contributed by atoms with Crippen molar-refractivity contribution in [3.8, 4) is 0 Å². The Morgan fingerprint density at radius 1 is 1.64 bits per heavy atom. The lowest BCUT2D eigenvalue weighted by atomic mass is 9.99. The molecule has 3 nitrogen and oxygen atoms in total. The molecule has 0 spiro atoms. The van der Waals surface area contributed by atoms with Crippen molar-refractivity contribution < 1.29 is 0 Å². The summed E-state index contributed by atoms with van der Waals surface area (Å²) < 4.78 is 0. The van der Waals surface area contributed by atoms with Gasteiger partial charge in [0, 0.05) is 19.2 Å². The second-order valence-corrected chi connectivity index (χ2v) is 3.28. The number of piperidine rings is 1. The van der Waals surface area contributed by atoms with Gasteiger partial charge in [-0.1, -0.05) is 6.92 Å². The lowest BCUT2D eigenvalue weighted by Gasteiger charge is -2.30. The van der Waals surface area contributed by atoms with E-state index in [0.717, 1.165) is 25.4 Å². The minimum Gasteiger partial charge on any atom is -0.265 e. The molecule has 60 valence electrons. The number of amidine groups is 1. The fourth-order valence-electron chi connectivity index (χ4n) is 1.54. The van der Waals surface area contributed by atoms with Gasteiger partial charge in [0.25, 0.3) is 0 Å². The number of rotatable bonds is 0. The summed E-state index contributed by atoms with van der Waals surface area (Å²) in [5.41, 5.74) is 0. The van der Waals surface area contributed by atoms with Crippen molar-refractivity contribution in [1.82, 2.24) is 5.01 Å². The Kier molecular flexibility index (Phi) is 1.64. The standard InChI is InChI=1S/C8H13N3/c1-7-2-5-11-8(6-7)9-3-4-10-11/h4,7H,2-3,5-6H2,1H3. The zero-order chi connectivity index (χ0) is 7.68. The van der Waals surface area contributed by atoms with E-state index in [1.807, 2.05) is 11.2 Å². The number of hydrogen-bond acceptors (Lipinski definition) is 3. The second-order valence-electron chi connectivity index (χ2n) is 3.28. The van der Waals surface area contributed by atoms with Gasteiger partial charge in [-0.2, -0.15) is 5.10 Å². The van der Waals surface area contributed by atoms with Crippen molar-refractivity contribution in [1.29, 1.82) is 0 Å². The van der Waals surface area contributed by atoms with E-state index in [1.165, 1.54) is 12.3 Å². The monoisotopic (exact) mass is 151 g/mol. The Morgan fingerprint density at radius 2 is 2.55 bits per heavy atom. The number of fused-ring (bicyclic) bond motifs is 1. The van der Waals surface area contributed by atoms with Crippen LogP contribution in [0.2, 0.25) is 0 Å². The first-order valence-corrected chi connectivity index (χ1v) is 4.19. The number of hydrazone groups is 1. The maximum Gasteiger partial charge on any atom is 0.120 e. The zero-order valence-corrected chi connectivity index (χ0v) is 6.82. The van der Waals surface area contributed by atoms with Crippen LogP contribution in [0.5, 0.6) is 0 Å². The average Bonchev–Trinajstić information content (AvgIpc) is 2.04. The van der Waals surface area contributed by atoms with Crippen LogP contribution in [0, 0.1) is 5.92 Å². The van der Waals surface area contributed by atoms with Gasteiger partial charge in [0.2, 0.25) is 0 Å². The summed E-state index contributed by atoms with van der Waals surface area (Å²) in [4.78, 5) is 4.40. The van der Waals surface area contributed by atoms with Crippen LogP contribution in [0.3, 0.4) is 0 Å². The van der Waals surface area contributed by atoms with Crippen molar-refractivity contribution in [3.63, 3.8) is 0 Å². The maximum absolute atomic E-state index is 4.40. The molecule has 2 aliphatic heterocycles. The van der Waals surface area contributed by atoms with Gasteiger partial charge in [0.05, 0.1) is 6.54 Å². The molecule has 11 heavy (non-hydrogen) atoms. The van der Waals surface area contributed by atoms with Gasteiger partial charge in [-0.15, -0.1) is 0 Å². The summed E-state index contributed by atoms with van der Waals surface area (Å²) in [6.07, 6.45) is 4.23. The van der Waals surface area contributed by atoms with Crippen molar-refractivity contribution in [2.45, 2.75) is 19.8 Å². The van der Waals surface area contributed by atoms with E-state index in [9.17, 15) is 0 Å². The Labute approximate surface area is 66.8 Å². The number of aliphatic imine (C=N–C) groups is 1. The van der Waals surface area contributed by atoms with E-state index in [-0.39, 0.29) is 0 Å². The predicted octanol–water partition coefficient (Wildman–Crippen LogP) is 1.12. The predicted molar refractivity (Wildman–Crippen MR) is 45.9 cm³/mol. The van der Waals surface area contributed by atoms with Gasteiger partial charge in [-0.3, -0.25) is 10.0 Å². The summed E-state index contributed by atoms with van der Waals surface area (Å²) in [6, 6.07) is 0. The molecule has 0 N–H and O–H groups in total. The normalized spacial score (nSPS) is 29.7. The molecule has 0 radical (unpaired) electrons. The molecular formula is C8H13N3. The summed E-state index contributed by atoms with van der Waals surface area (Å²) in [7, 11) is 0. The summed E-state index contributed by atoms with van der Waals surface area (Å²) in [6.45, 7) is 4.10. The average molecular weight is 151 g/mol. The highest BCUT2D eigenvalue weighted by Crippen LogP contribution is 2.19. The van der Waals surface area contributed by atoms with Crippen molar-refractivity contribution in [2.75, 3.05) is 13.1 Å². The molecule has 0 amide bonds. The molecule has 0 bridgehead atoms. The van der Waals surface area contributed by atoms with Gasteiger partial charge < -0.3 is 0 Å². The lowest BCUT2D eigenvalue weighted by Crippen LogP contribution is -2.36. The fourth-order valence-corrected chi connectivity index (χ4v) is 1.54. The van der Waals surface area contributed by atoms with E-state index in [0.29, 0.717) is 0 Å². The summed E-state index contributed by atoms with van der Waals surface area (Å²) in [5.74, 6) is 1.98. The van der Waals surface area contributed by atoms with Crippen LogP contribution in [0.1, 0.15) is 19.8 Å². The zero-order valence-electron chi connectivity index (χ0n) is 6.82. The SMILES string of the molecule is CC1CCN2N=CCN=C2C1. The maximum atomic E-state index is 4.40. The second kappa shape index (κ2) is 2.64. The third-order valence-corrected chi connectivity index (χ3v) is 2.24. The fraction of sp³-hybridized carbons (Fsp3) is 0.750. The third-order valence-electron chi connectivity index (χ3n) is 2.24. The van der Waals surface area contributed by atoms with Crippen LogP contribution in [0.15, 0.2) is 10.1 Å². The van der Waals surface area contributed by atoms with Crippen LogP contribution in [-0.2, 0) is 0 Å². The summed E-state index contributed by atoms with van der Waals surface area (Å²) in [5, 5.41) is 6.29. The van der Waals surface area contributed by atoms with E-state index < -0.39 is 0 Å². The van der Waals surface area contributed by atoms with Gasteiger partial charge in [0.15, 0.2) is 0 Å². The topological polar surface area (TPSA) is 28.0 Å². The number of hydrogen-bond donors (Lipinski definition) is 0. The first-order chi connectivity index (χ1) is 5.36. The van der Waals surface area contributed by atoms with Gasteiger partial charge in [-0.25, -0.2) is 0 Å². The van der Waals surface area contributed by atoms with Crippen molar-refractivity contribution >= 4 is 12.1 Å². The molecule has 1 fully saturated rings. The highest BCUT2D eigenvalue weighted by molar-refractivity contribution is 5.86. The molecule has 0 aromatic carbocycles. The Balaban J connectivity index is 2.11. The molecule has 3 heteroatoms. The lowest BCUT2D eigenvalue weighted by molar-refractivity contribution is 0.334. The Hall–Kier alpha value is -0.860. The molecule has 0 saturated carbocycles. The van der Waals surface area contributed by atoms with E-state index >= 15 is 0 Å². The highest BCUT2D eigenvalue weighted by atomic mass is 15.5. The largest absolute Gasteiger partial charge is 0.265 e. The van der Waals surface area contributed by atoms with E-state index in [1.54, 1.807) is 0 Å². The molecule has 0 aromatic rings. The highest BCUT2D eigenvalue weighted by Gasteiger charge is 2.21. The van der Waals surface area contributed by atoms with E-state index in [4.69, 9.17) is 0 Å². The molecule has 2 rings (SSSR count). The molecule has 2 aliphatic rings. The Bertz CT molecular complexity index is 207. The minimum atomic E-state index is 0.776. The van der Waals surface area contributed by atoms with Crippen molar-refractivity contribution in [2.24, 2.45) is 16.0 Å². The van der Waals surface area contributed by atoms with Gasteiger partial charge >= 0.3 is 0 Å². The van der Waals surface area contributed by atoms with Crippen LogP contribution in [0.25, 0.3) is 0 Å². The quantitative estimate of drug-likeness (QED) is 0.509. The van der Waals surface area contributed by atoms with Crippen molar-refractivity contribution in [3.05, 3.63) is 0 Å². The first kappa shape index (κ1) is 6.83. The number of nitrogens with zero attached hydrogens (tertiary/aromatic N) is 3. The van der Waals surface area contributed by atoms with Gasteiger partial charge in [0.1, 0.15) is 5.84 Å². The molecule has 1 atom stereocenters. The van der Waals surface area contributed by atoms with Crippen LogP contribution in [0.4, 0.5) is 0 Å². The third kappa shape index (κ3) is 1.27. The van der Waals surface area contributed by atoms with Gasteiger partial charge in [-0.05, 0) is 12.3 Å². The van der Waals surface area contributed by atoms with Crippen LogP contribution in [-0.4, -0.2) is 30.1 Å². The van der Waals surface area contributed by atoms with Crippen LogP contribution >= 0.6 is 0 Å². The molecule has 0 aromatic heterocycles. The smallest absolute Gasteiger partial charge is 0.120 e.